The summed E-state index contributed by atoms with van der Waals surface area (Å²) in [5.74, 6) is 0. The monoisotopic (exact) mass is 150 g/mol. The molecule has 0 saturated heterocycles. The third kappa shape index (κ3) is 1.23. The SMILES string of the molecule is c1cn(Cc2cn[nH]n2)nn1. The van der Waals surface area contributed by atoms with E-state index in [9.17, 15) is 0 Å². The quantitative estimate of drug-likeness (QED) is 0.623. The van der Waals surface area contributed by atoms with Crippen molar-refractivity contribution in [3.8, 4) is 0 Å². The molecule has 0 atom stereocenters. The van der Waals surface area contributed by atoms with Crippen LogP contribution in [0.2, 0.25) is 0 Å². The van der Waals surface area contributed by atoms with E-state index in [1.165, 1.54) is 0 Å². The lowest BCUT2D eigenvalue weighted by Crippen LogP contribution is -2.00. The summed E-state index contributed by atoms with van der Waals surface area (Å²) in [6, 6.07) is 0. The average molecular weight is 150 g/mol. The first-order valence-corrected chi connectivity index (χ1v) is 3.14. The third-order valence-electron chi connectivity index (χ3n) is 1.26. The Kier molecular flexibility index (Phi) is 1.36. The van der Waals surface area contributed by atoms with Crippen LogP contribution in [0.15, 0.2) is 18.6 Å². The fourth-order valence-electron chi connectivity index (χ4n) is 0.785. The molecule has 1 N–H and O–H groups in total. The van der Waals surface area contributed by atoms with Crippen molar-refractivity contribution in [1.82, 2.24) is 30.4 Å². The van der Waals surface area contributed by atoms with E-state index >= 15 is 0 Å². The van der Waals surface area contributed by atoms with Gasteiger partial charge in [-0.15, -0.1) is 5.10 Å². The smallest absolute Gasteiger partial charge is 0.104 e. The number of hydrogen-bond donors (Lipinski definition) is 1. The molecule has 11 heavy (non-hydrogen) atoms. The van der Waals surface area contributed by atoms with Crippen LogP contribution in [0, 0.1) is 0 Å². The molecule has 0 aliphatic rings. The summed E-state index contributed by atoms with van der Waals surface area (Å²) in [6.07, 6.45) is 5.05. The summed E-state index contributed by atoms with van der Waals surface area (Å²) >= 11 is 0. The van der Waals surface area contributed by atoms with Crippen LogP contribution in [-0.2, 0) is 6.54 Å². The van der Waals surface area contributed by atoms with Crippen molar-refractivity contribution >= 4 is 0 Å². The predicted molar refractivity (Wildman–Crippen MR) is 35.5 cm³/mol. The van der Waals surface area contributed by atoms with E-state index < -0.39 is 0 Å². The van der Waals surface area contributed by atoms with Gasteiger partial charge < -0.3 is 0 Å². The molecule has 0 aliphatic carbocycles. The minimum atomic E-state index is 0.608. The molecule has 56 valence electrons. The molecule has 0 radical (unpaired) electrons. The lowest BCUT2D eigenvalue weighted by Gasteiger charge is -1.91. The molecular weight excluding hydrogens is 144 g/mol. The van der Waals surface area contributed by atoms with Crippen molar-refractivity contribution in [1.29, 1.82) is 0 Å². The summed E-state index contributed by atoms with van der Waals surface area (Å²) in [7, 11) is 0. The van der Waals surface area contributed by atoms with Gasteiger partial charge in [0, 0.05) is 6.20 Å². The van der Waals surface area contributed by atoms with Crippen LogP contribution in [0.25, 0.3) is 0 Å². The Labute approximate surface area is 62.2 Å². The van der Waals surface area contributed by atoms with Gasteiger partial charge in [0.1, 0.15) is 5.69 Å². The minimum Gasteiger partial charge on any atom is -0.246 e. The van der Waals surface area contributed by atoms with Gasteiger partial charge in [-0.25, -0.2) is 4.68 Å². The second-order valence-corrected chi connectivity index (χ2v) is 2.06. The molecule has 0 saturated carbocycles. The van der Waals surface area contributed by atoms with Gasteiger partial charge >= 0.3 is 0 Å². The van der Waals surface area contributed by atoms with Crippen LogP contribution >= 0.6 is 0 Å². The fourth-order valence-corrected chi connectivity index (χ4v) is 0.785. The molecule has 6 nitrogen and oxygen atoms in total. The zero-order valence-corrected chi connectivity index (χ0v) is 5.68. The highest BCUT2D eigenvalue weighted by atomic mass is 15.4. The summed E-state index contributed by atoms with van der Waals surface area (Å²) < 4.78 is 1.68. The van der Waals surface area contributed by atoms with Crippen molar-refractivity contribution in [2.24, 2.45) is 0 Å². The first kappa shape index (κ1) is 6.02. The number of nitrogens with zero attached hydrogens (tertiary/aromatic N) is 5. The Morgan fingerprint density at radius 2 is 2.55 bits per heavy atom. The molecule has 6 heteroatoms. The maximum absolute atomic E-state index is 3.87. The van der Waals surface area contributed by atoms with Gasteiger partial charge in [0.05, 0.1) is 18.9 Å². The molecule has 0 bridgehead atoms. The average Bonchev–Trinajstić information content (AvgIpc) is 2.60. The zero-order chi connectivity index (χ0) is 7.52. The molecule has 0 unspecified atom stereocenters. The Hall–Kier alpha value is -1.72. The highest BCUT2D eigenvalue weighted by Crippen LogP contribution is 1.91. The van der Waals surface area contributed by atoms with Gasteiger partial charge in [-0.1, -0.05) is 5.21 Å². The van der Waals surface area contributed by atoms with Crippen molar-refractivity contribution in [3.63, 3.8) is 0 Å². The molecular formula is C5H6N6. The first-order valence-electron chi connectivity index (χ1n) is 3.14. The molecule has 0 aromatic carbocycles. The molecule has 0 aliphatic heterocycles. The Balaban J connectivity index is 2.14. The topological polar surface area (TPSA) is 72.3 Å². The zero-order valence-electron chi connectivity index (χ0n) is 5.68. The summed E-state index contributed by atoms with van der Waals surface area (Å²) in [4.78, 5) is 0. The van der Waals surface area contributed by atoms with Crippen LogP contribution in [0.5, 0.6) is 0 Å². The van der Waals surface area contributed by atoms with Crippen LogP contribution in [-0.4, -0.2) is 30.4 Å². The number of hydrogen-bond acceptors (Lipinski definition) is 4. The molecule has 2 rings (SSSR count). The van der Waals surface area contributed by atoms with Crippen molar-refractivity contribution < 1.29 is 0 Å². The number of H-pyrrole nitrogens is 1. The maximum atomic E-state index is 3.87. The predicted octanol–water partition coefficient (Wildman–Crippen LogP) is -0.556. The lowest BCUT2D eigenvalue weighted by molar-refractivity contribution is 0.637. The van der Waals surface area contributed by atoms with E-state index in [0.29, 0.717) is 6.54 Å². The van der Waals surface area contributed by atoms with E-state index in [-0.39, 0.29) is 0 Å². The first-order chi connectivity index (χ1) is 5.45. The summed E-state index contributed by atoms with van der Waals surface area (Å²) in [5.41, 5.74) is 0.843. The van der Waals surface area contributed by atoms with E-state index in [4.69, 9.17) is 0 Å². The Morgan fingerprint density at radius 3 is 3.18 bits per heavy atom. The number of rotatable bonds is 2. The molecule has 2 aromatic rings. The van der Waals surface area contributed by atoms with Gasteiger partial charge in [0.15, 0.2) is 0 Å². The van der Waals surface area contributed by atoms with Crippen LogP contribution in [0.3, 0.4) is 0 Å². The molecule has 2 heterocycles. The number of nitrogens with one attached hydrogen (secondary N) is 1. The van der Waals surface area contributed by atoms with E-state index in [1.807, 2.05) is 0 Å². The summed E-state index contributed by atoms with van der Waals surface area (Å²) in [6.45, 7) is 0.608. The number of aromatic amines is 1. The van der Waals surface area contributed by atoms with E-state index in [1.54, 1.807) is 23.3 Å². The van der Waals surface area contributed by atoms with E-state index in [0.717, 1.165) is 5.69 Å². The second-order valence-electron chi connectivity index (χ2n) is 2.06. The fraction of sp³-hybridized carbons (Fsp3) is 0.200. The number of aromatic nitrogens is 6. The summed E-state index contributed by atoms with van der Waals surface area (Å²) in [5, 5.41) is 17.5. The minimum absolute atomic E-state index is 0.608. The normalized spacial score (nSPS) is 10.2. The molecule has 2 aromatic heterocycles. The maximum Gasteiger partial charge on any atom is 0.104 e. The van der Waals surface area contributed by atoms with Gasteiger partial charge in [-0.3, -0.25) is 0 Å². The Bertz CT molecular complexity index is 263. The standard InChI is InChI=1S/C5H6N6/c1-2-11(10-6-1)4-5-3-7-9-8-5/h1-3H,4H2,(H,7,8,9). The van der Waals surface area contributed by atoms with Crippen LogP contribution < -0.4 is 0 Å². The van der Waals surface area contributed by atoms with Crippen LogP contribution in [0.1, 0.15) is 5.69 Å². The lowest BCUT2D eigenvalue weighted by atomic mass is 10.5. The van der Waals surface area contributed by atoms with Crippen LogP contribution in [0.4, 0.5) is 0 Å². The second kappa shape index (κ2) is 2.49. The largest absolute Gasteiger partial charge is 0.246 e. The van der Waals surface area contributed by atoms with Gasteiger partial charge in [0.2, 0.25) is 0 Å². The van der Waals surface area contributed by atoms with Gasteiger partial charge in [0.25, 0.3) is 0 Å². The van der Waals surface area contributed by atoms with E-state index in [2.05, 4.69) is 25.7 Å². The molecule has 0 amide bonds. The third-order valence-corrected chi connectivity index (χ3v) is 1.26. The highest BCUT2D eigenvalue weighted by molar-refractivity contribution is 4.90. The molecule has 0 spiro atoms. The van der Waals surface area contributed by atoms with Crippen molar-refractivity contribution in [3.05, 3.63) is 24.3 Å². The Morgan fingerprint density at radius 1 is 1.55 bits per heavy atom. The van der Waals surface area contributed by atoms with Gasteiger partial charge in [-0.05, 0) is 0 Å². The van der Waals surface area contributed by atoms with Crippen molar-refractivity contribution in [2.45, 2.75) is 6.54 Å². The van der Waals surface area contributed by atoms with Crippen molar-refractivity contribution in [2.75, 3.05) is 0 Å². The van der Waals surface area contributed by atoms with Gasteiger partial charge in [-0.2, -0.15) is 15.4 Å². The molecule has 0 fully saturated rings. The highest BCUT2D eigenvalue weighted by Gasteiger charge is 1.96.